The molecular weight excluding hydrogens is 288 g/mol. The summed E-state index contributed by atoms with van der Waals surface area (Å²) in [5, 5.41) is 20.3. The van der Waals surface area contributed by atoms with Gasteiger partial charge in [-0.1, -0.05) is 39.0 Å². The van der Waals surface area contributed by atoms with Gasteiger partial charge >= 0.3 is 5.97 Å². The molecule has 2 N–H and O–H groups in total. The lowest BCUT2D eigenvalue weighted by atomic mass is 9.49. The van der Waals surface area contributed by atoms with Crippen LogP contribution in [-0.2, 0) is 16.6 Å². The molecule has 0 amide bonds. The molecule has 23 heavy (non-hydrogen) atoms. The SMILES string of the molecule is CC(C)c1ccc2c(c1)CCC1C2(C)CCC(O)C1(C)C(=O)O. The molecular formula is C20H28O3. The zero-order valence-electron chi connectivity index (χ0n) is 14.6. The van der Waals surface area contributed by atoms with Crippen molar-refractivity contribution in [2.75, 3.05) is 0 Å². The number of aliphatic carboxylic acids is 1. The standard InChI is InChI=1S/C20H28O3/c1-12(2)13-5-7-15-14(11-13)6-8-16-19(15,3)10-9-17(21)20(16,4)18(22)23/h5,7,11-12,16-17,21H,6,8-10H2,1-4H3,(H,22,23). The molecule has 3 rings (SSSR count). The number of carbonyl (C=O) groups is 1. The molecule has 0 spiro atoms. The Morgan fingerprint density at radius 1 is 1.26 bits per heavy atom. The Morgan fingerprint density at radius 2 is 1.96 bits per heavy atom. The third kappa shape index (κ3) is 2.24. The van der Waals surface area contributed by atoms with Gasteiger partial charge in [-0.25, -0.2) is 0 Å². The van der Waals surface area contributed by atoms with Gasteiger partial charge in [-0.15, -0.1) is 0 Å². The molecule has 1 saturated carbocycles. The summed E-state index contributed by atoms with van der Waals surface area (Å²) in [5.74, 6) is -0.375. The maximum atomic E-state index is 12.0. The van der Waals surface area contributed by atoms with Crippen LogP contribution in [0.4, 0.5) is 0 Å². The zero-order valence-corrected chi connectivity index (χ0v) is 14.6. The molecule has 3 heteroatoms. The highest BCUT2D eigenvalue weighted by molar-refractivity contribution is 5.76. The van der Waals surface area contributed by atoms with Crippen molar-refractivity contribution < 1.29 is 15.0 Å². The van der Waals surface area contributed by atoms with E-state index in [0.29, 0.717) is 12.3 Å². The van der Waals surface area contributed by atoms with E-state index in [0.717, 1.165) is 19.3 Å². The van der Waals surface area contributed by atoms with Crippen molar-refractivity contribution in [3.05, 3.63) is 34.9 Å². The van der Waals surface area contributed by atoms with E-state index in [1.54, 1.807) is 6.92 Å². The minimum atomic E-state index is -1.05. The number of aliphatic hydroxyl groups is 1. The van der Waals surface area contributed by atoms with Gasteiger partial charge in [0.05, 0.1) is 11.5 Å². The van der Waals surface area contributed by atoms with Gasteiger partial charge < -0.3 is 10.2 Å². The first-order valence-electron chi connectivity index (χ1n) is 8.76. The zero-order chi connectivity index (χ0) is 17.0. The normalized spacial score (nSPS) is 36.4. The summed E-state index contributed by atoms with van der Waals surface area (Å²) in [7, 11) is 0. The molecule has 0 saturated heterocycles. The van der Waals surface area contributed by atoms with Crippen LogP contribution in [-0.4, -0.2) is 22.3 Å². The molecule has 0 radical (unpaired) electrons. The summed E-state index contributed by atoms with van der Waals surface area (Å²) >= 11 is 0. The average molecular weight is 316 g/mol. The summed E-state index contributed by atoms with van der Waals surface area (Å²) in [6, 6.07) is 6.72. The summed E-state index contributed by atoms with van der Waals surface area (Å²) in [5.41, 5.74) is 2.82. The van der Waals surface area contributed by atoms with E-state index in [-0.39, 0.29) is 11.3 Å². The Labute approximate surface area is 138 Å². The fraction of sp³-hybridized carbons (Fsp3) is 0.650. The molecule has 0 bridgehead atoms. The van der Waals surface area contributed by atoms with Crippen LogP contribution in [0.15, 0.2) is 18.2 Å². The topological polar surface area (TPSA) is 57.5 Å². The highest BCUT2D eigenvalue weighted by Gasteiger charge is 2.59. The van der Waals surface area contributed by atoms with Gasteiger partial charge in [0.15, 0.2) is 0 Å². The summed E-state index contributed by atoms with van der Waals surface area (Å²) in [6.45, 7) is 8.36. The Kier molecular flexibility index (Phi) is 3.83. The predicted octanol–water partition coefficient (Wildman–Crippen LogP) is 3.88. The number of hydrogen-bond donors (Lipinski definition) is 2. The van der Waals surface area contributed by atoms with Crippen LogP contribution in [0, 0.1) is 11.3 Å². The number of carboxylic acid groups (broad SMARTS) is 1. The average Bonchev–Trinajstić information content (AvgIpc) is 2.50. The monoisotopic (exact) mass is 316 g/mol. The number of aliphatic hydroxyl groups excluding tert-OH is 1. The van der Waals surface area contributed by atoms with Crippen molar-refractivity contribution in [2.45, 2.75) is 70.8 Å². The number of benzene rings is 1. The van der Waals surface area contributed by atoms with Gasteiger partial charge in [-0.05, 0) is 66.5 Å². The van der Waals surface area contributed by atoms with Crippen molar-refractivity contribution in [1.82, 2.24) is 0 Å². The highest BCUT2D eigenvalue weighted by Crippen LogP contribution is 2.57. The van der Waals surface area contributed by atoms with Gasteiger partial charge in [0.1, 0.15) is 0 Å². The summed E-state index contributed by atoms with van der Waals surface area (Å²) in [4.78, 5) is 12.0. The van der Waals surface area contributed by atoms with Crippen molar-refractivity contribution >= 4 is 5.97 Å². The molecule has 1 aromatic rings. The van der Waals surface area contributed by atoms with E-state index < -0.39 is 17.5 Å². The largest absolute Gasteiger partial charge is 0.481 e. The van der Waals surface area contributed by atoms with Gasteiger partial charge in [0.2, 0.25) is 0 Å². The first-order valence-corrected chi connectivity index (χ1v) is 8.76. The molecule has 2 aliphatic carbocycles. The number of hydrogen-bond acceptors (Lipinski definition) is 2. The highest BCUT2D eigenvalue weighted by atomic mass is 16.4. The summed E-state index contributed by atoms with van der Waals surface area (Å²) < 4.78 is 0. The lowest BCUT2D eigenvalue weighted by Gasteiger charge is -2.55. The molecule has 4 atom stereocenters. The second-order valence-corrected chi connectivity index (χ2v) is 8.22. The Hall–Kier alpha value is -1.35. The van der Waals surface area contributed by atoms with Gasteiger partial charge in [0, 0.05) is 0 Å². The Bertz CT molecular complexity index is 636. The van der Waals surface area contributed by atoms with Crippen LogP contribution >= 0.6 is 0 Å². The van der Waals surface area contributed by atoms with E-state index in [4.69, 9.17) is 0 Å². The Morgan fingerprint density at radius 3 is 2.57 bits per heavy atom. The van der Waals surface area contributed by atoms with Crippen LogP contribution in [0.5, 0.6) is 0 Å². The van der Waals surface area contributed by atoms with Crippen LogP contribution in [0.3, 0.4) is 0 Å². The molecule has 126 valence electrons. The van der Waals surface area contributed by atoms with E-state index >= 15 is 0 Å². The smallest absolute Gasteiger partial charge is 0.312 e. The second kappa shape index (κ2) is 5.34. The molecule has 3 nitrogen and oxygen atoms in total. The third-order valence-corrected chi connectivity index (χ3v) is 6.70. The first kappa shape index (κ1) is 16.5. The van der Waals surface area contributed by atoms with E-state index in [1.165, 1.54) is 16.7 Å². The molecule has 1 aromatic carbocycles. The van der Waals surface area contributed by atoms with Gasteiger partial charge in [-0.3, -0.25) is 4.79 Å². The number of aryl methyl sites for hydroxylation is 1. The molecule has 1 fully saturated rings. The predicted molar refractivity (Wildman–Crippen MR) is 90.7 cm³/mol. The lowest BCUT2D eigenvalue weighted by molar-refractivity contribution is -0.171. The minimum absolute atomic E-state index is 0.0198. The second-order valence-electron chi connectivity index (χ2n) is 8.22. The fourth-order valence-electron chi connectivity index (χ4n) is 5.07. The molecule has 0 aromatic heterocycles. The molecule has 0 aliphatic heterocycles. The van der Waals surface area contributed by atoms with Crippen molar-refractivity contribution in [3.63, 3.8) is 0 Å². The molecule has 4 unspecified atom stereocenters. The maximum absolute atomic E-state index is 12.0. The van der Waals surface area contributed by atoms with Crippen LogP contribution in [0.25, 0.3) is 0 Å². The quantitative estimate of drug-likeness (QED) is 0.870. The number of rotatable bonds is 2. The Balaban J connectivity index is 2.10. The number of fused-ring (bicyclic) bond motifs is 3. The van der Waals surface area contributed by atoms with Gasteiger partial charge in [0.25, 0.3) is 0 Å². The van der Waals surface area contributed by atoms with E-state index in [2.05, 4.69) is 39.0 Å². The van der Waals surface area contributed by atoms with Crippen LogP contribution < -0.4 is 0 Å². The number of carboxylic acids is 1. The van der Waals surface area contributed by atoms with E-state index in [1.807, 2.05) is 0 Å². The summed E-state index contributed by atoms with van der Waals surface area (Å²) in [6.07, 6.45) is 2.41. The first-order chi connectivity index (χ1) is 10.7. The van der Waals surface area contributed by atoms with Crippen LogP contribution in [0.1, 0.15) is 69.6 Å². The van der Waals surface area contributed by atoms with Crippen molar-refractivity contribution in [2.24, 2.45) is 11.3 Å². The molecule has 0 heterocycles. The fourth-order valence-corrected chi connectivity index (χ4v) is 5.07. The van der Waals surface area contributed by atoms with Gasteiger partial charge in [-0.2, -0.15) is 0 Å². The third-order valence-electron chi connectivity index (χ3n) is 6.70. The van der Waals surface area contributed by atoms with E-state index in [9.17, 15) is 15.0 Å². The molecule has 2 aliphatic rings. The van der Waals surface area contributed by atoms with Crippen molar-refractivity contribution in [1.29, 1.82) is 0 Å². The van der Waals surface area contributed by atoms with Crippen molar-refractivity contribution in [3.8, 4) is 0 Å². The lowest BCUT2D eigenvalue weighted by Crippen LogP contribution is -2.58. The maximum Gasteiger partial charge on any atom is 0.312 e. The van der Waals surface area contributed by atoms with Crippen LogP contribution in [0.2, 0.25) is 0 Å². The minimum Gasteiger partial charge on any atom is -0.481 e.